The van der Waals surface area contributed by atoms with Gasteiger partial charge in [-0.25, -0.2) is 9.13 Å². The summed E-state index contributed by atoms with van der Waals surface area (Å²) in [5.41, 5.74) is 0. The van der Waals surface area contributed by atoms with Crippen LogP contribution in [0.15, 0.2) is 0 Å². The fourth-order valence-electron chi connectivity index (χ4n) is 11.7. The minimum Gasteiger partial charge on any atom is -0.462 e. The van der Waals surface area contributed by atoms with Gasteiger partial charge in [0.15, 0.2) is 12.2 Å². The van der Waals surface area contributed by atoms with Crippen LogP contribution in [0.2, 0.25) is 0 Å². The van der Waals surface area contributed by atoms with Crippen molar-refractivity contribution in [3.63, 3.8) is 0 Å². The first-order valence-electron chi connectivity index (χ1n) is 39.8. The second-order valence-corrected chi connectivity index (χ2v) is 32.1. The molecule has 0 bridgehead atoms. The van der Waals surface area contributed by atoms with Gasteiger partial charge in [-0.1, -0.05) is 338 Å². The number of hydrogen-bond acceptors (Lipinski definition) is 15. The topological polar surface area (TPSA) is 237 Å². The number of rotatable bonds is 74. The van der Waals surface area contributed by atoms with E-state index in [2.05, 4.69) is 55.4 Å². The Hall–Kier alpha value is -1.94. The van der Waals surface area contributed by atoms with E-state index in [1.54, 1.807) is 0 Å². The smallest absolute Gasteiger partial charge is 0.462 e. The molecule has 0 saturated carbocycles. The maximum atomic E-state index is 13.1. The average Bonchev–Trinajstić information content (AvgIpc) is 1.28. The third-order valence-electron chi connectivity index (χ3n) is 18.5. The Balaban J connectivity index is 5.18. The minimum atomic E-state index is -4.96. The Morgan fingerprint density at radius 2 is 0.500 bits per heavy atom. The van der Waals surface area contributed by atoms with Crippen LogP contribution in [0.3, 0.4) is 0 Å². The Morgan fingerprint density at radius 1 is 0.292 bits per heavy atom. The molecule has 7 atom stereocenters. The molecule has 0 fully saturated rings. The van der Waals surface area contributed by atoms with Crippen LogP contribution in [0.4, 0.5) is 0 Å². The predicted octanol–water partition coefficient (Wildman–Crippen LogP) is 22.4. The number of hydrogen-bond donors (Lipinski definition) is 3. The van der Waals surface area contributed by atoms with Crippen molar-refractivity contribution in [2.24, 2.45) is 23.7 Å². The summed E-state index contributed by atoms with van der Waals surface area (Å²) in [4.78, 5) is 72.8. The molecule has 0 heterocycles. The van der Waals surface area contributed by atoms with Crippen molar-refractivity contribution in [3.8, 4) is 0 Å². The number of ether oxygens (including phenoxy) is 4. The molecule has 0 aromatic rings. The van der Waals surface area contributed by atoms with E-state index in [-0.39, 0.29) is 25.7 Å². The van der Waals surface area contributed by atoms with E-state index in [4.69, 9.17) is 37.0 Å². The molecule has 17 nitrogen and oxygen atoms in total. The number of carbonyl (C=O) groups is 4. The third kappa shape index (κ3) is 67.9. The number of phosphoric ester groups is 2. The molecule has 0 spiro atoms. The summed E-state index contributed by atoms with van der Waals surface area (Å²) < 4.78 is 68.5. The van der Waals surface area contributed by atoms with E-state index in [1.165, 1.54) is 186 Å². The molecular formula is C77H150O17P2. The maximum absolute atomic E-state index is 13.1. The van der Waals surface area contributed by atoms with E-state index in [0.717, 1.165) is 114 Å². The third-order valence-corrected chi connectivity index (χ3v) is 20.4. The van der Waals surface area contributed by atoms with E-state index < -0.39 is 97.5 Å². The molecular weight excluding hydrogens is 1260 g/mol. The lowest BCUT2D eigenvalue weighted by Gasteiger charge is -2.21. The van der Waals surface area contributed by atoms with Gasteiger partial charge in [-0.05, 0) is 49.4 Å². The van der Waals surface area contributed by atoms with Gasteiger partial charge in [0.05, 0.1) is 26.4 Å². The van der Waals surface area contributed by atoms with Gasteiger partial charge in [0.1, 0.15) is 19.3 Å². The highest BCUT2D eigenvalue weighted by Crippen LogP contribution is 2.45. The normalized spacial score (nSPS) is 14.7. The van der Waals surface area contributed by atoms with Crippen LogP contribution in [0.1, 0.15) is 389 Å². The fraction of sp³-hybridized carbons (Fsp3) is 0.948. The van der Waals surface area contributed by atoms with E-state index in [0.29, 0.717) is 31.6 Å². The summed E-state index contributed by atoms with van der Waals surface area (Å²) in [6.45, 7) is 14.2. The van der Waals surface area contributed by atoms with Gasteiger partial charge in [-0.2, -0.15) is 0 Å². The SMILES string of the molecule is CCC(C)CCCCCCCCCCCCC(=O)OC[C@H](COP(=O)(O)OCC(O)COP(=O)(O)OC[C@@H](COC(=O)CCCCCCCCC(C)C)OC(=O)CCCCCCCCCCCCCCCCCCCCC(C)C)OC(=O)CCCCCCCCCCC(C)CC. The zero-order valence-electron chi connectivity index (χ0n) is 63.0. The molecule has 0 amide bonds. The molecule has 0 aliphatic rings. The zero-order valence-corrected chi connectivity index (χ0v) is 64.8. The van der Waals surface area contributed by atoms with Crippen molar-refractivity contribution >= 4 is 39.5 Å². The number of aliphatic hydroxyl groups is 1. The second kappa shape index (κ2) is 66.3. The van der Waals surface area contributed by atoms with E-state index in [1.807, 2.05) is 0 Å². The highest BCUT2D eigenvalue weighted by atomic mass is 31.2. The van der Waals surface area contributed by atoms with Crippen molar-refractivity contribution in [2.45, 2.75) is 408 Å². The summed E-state index contributed by atoms with van der Waals surface area (Å²) in [6, 6.07) is 0. The standard InChI is InChI=1S/C77H150O17P2/c1-9-69(7)55-47-39-30-24-21-22-25-32-41-49-57-74(79)87-63-72(94-77(82)60-52-44-34-28-27-31-40-48-56-70(8)10-2)65-91-95(83,84)89-61-71(78)62-90-96(85,86)92-66-73(64-88-75(80)58-50-42-36-35-38-46-54-68(5)6)93-76(81)59-51-43-33-26-20-18-16-14-12-11-13-15-17-19-23-29-37-45-53-67(3)4/h67-73,78H,9-66H2,1-8H3,(H,83,84)(H,85,86)/t69?,70?,71?,72-,73-/m1/s1. The van der Waals surface area contributed by atoms with Crippen molar-refractivity contribution in [3.05, 3.63) is 0 Å². The van der Waals surface area contributed by atoms with Crippen molar-refractivity contribution < 1.29 is 80.2 Å². The highest BCUT2D eigenvalue weighted by molar-refractivity contribution is 7.47. The Bertz CT molecular complexity index is 1890. The maximum Gasteiger partial charge on any atom is 0.472 e. The second-order valence-electron chi connectivity index (χ2n) is 29.2. The average molecular weight is 1410 g/mol. The summed E-state index contributed by atoms with van der Waals surface area (Å²) in [5.74, 6) is 0.955. The first-order chi connectivity index (χ1) is 46.2. The number of esters is 4. The molecule has 0 aliphatic carbocycles. The molecule has 0 aromatic carbocycles. The Morgan fingerprint density at radius 3 is 0.740 bits per heavy atom. The highest BCUT2D eigenvalue weighted by Gasteiger charge is 2.30. The van der Waals surface area contributed by atoms with Crippen LogP contribution in [0.25, 0.3) is 0 Å². The van der Waals surface area contributed by atoms with Gasteiger partial charge in [-0.3, -0.25) is 37.3 Å². The van der Waals surface area contributed by atoms with Gasteiger partial charge in [0.25, 0.3) is 0 Å². The van der Waals surface area contributed by atoms with E-state index in [9.17, 15) is 43.2 Å². The number of unbranched alkanes of at least 4 members (excludes halogenated alkanes) is 38. The Labute approximate surface area is 588 Å². The molecule has 0 radical (unpaired) electrons. The summed E-state index contributed by atoms with van der Waals surface area (Å²) in [5, 5.41) is 10.6. The quantitative estimate of drug-likeness (QED) is 0.0222. The van der Waals surface area contributed by atoms with Gasteiger partial charge in [-0.15, -0.1) is 0 Å². The lowest BCUT2D eigenvalue weighted by atomic mass is 9.99. The number of phosphoric acid groups is 2. The van der Waals surface area contributed by atoms with Gasteiger partial charge in [0, 0.05) is 25.7 Å². The van der Waals surface area contributed by atoms with Crippen LogP contribution in [0.5, 0.6) is 0 Å². The number of aliphatic hydroxyl groups excluding tert-OH is 1. The lowest BCUT2D eigenvalue weighted by Crippen LogP contribution is -2.30. The van der Waals surface area contributed by atoms with Gasteiger partial charge < -0.3 is 33.8 Å². The Kier molecular flexibility index (Phi) is 65.0. The van der Waals surface area contributed by atoms with Crippen LogP contribution < -0.4 is 0 Å². The first-order valence-corrected chi connectivity index (χ1v) is 42.8. The first kappa shape index (κ1) is 94.1. The summed E-state index contributed by atoms with van der Waals surface area (Å²) >= 11 is 0. The molecule has 0 aromatic heterocycles. The minimum absolute atomic E-state index is 0.104. The van der Waals surface area contributed by atoms with Crippen molar-refractivity contribution in [1.82, 2.24) is 0 Å². The van der Waals surface area contributed by atoms with Crippen LogP contribution >= 0.6 is 15.6 Å². The molecule has 3 N–H and O–H groups in total. The van der Waals surface area contributed by atoms with Gasteiger partial charge in [0.2, 0.25) is 0 Å². The lowest BCUT2D eigenvalue weighted by molar-refractivity contribution is -0.161. The van der Waals surface area contributed by atoms with Crippen molar-refractivity contribution in [1.29, 1.82) is 0 Å². The fourth-order valence-corrected chi connectivity index (χ4v) is 13.2. The van der Waals surface area contributed by atoms with Crippen LogP contribution in [-0.2, 0) is 65.4 Å². The molecule has 0 rings (SSSR count). The monoisotopic (exact) mass is 1410 g/mol. The predicted molar refractivity (Wildman–Crippen MR) is 391 cm³/mol. The molecule has 0 saturated heterocycles. The summed E-state index contributed by atoms with van der Waals surface area (Å²) in [6.07, 6.45) is 51.5. The number of carbonyl (C=O) groups excluding carboxylic acids is 4. The van der Waals surface area contributed by atoms with Crippen LogP contribution in [0, 0.1) is 23.7 Å². The molecule has 5 unspecified atom stereocenters. The molecule has 96 heavy (non-hydrogen) atoms. The van der Waals surface area contributed by atoms with Crippen molar-refractivity contribution in [2.75, 3.05) is 39.6 Å². The zero-order chi connectivity index (χ0) is 71.0. The molecule has 0 aliphatic heterocycles. The largest absolute Gasteiger partial charge is 0.472 e. The molecule has 19 heteroatoms. The summed E-state index contributed by atoms with van der Waals surface area (Å²) in [7, 11) is -9.91. The van der Waals surface area contributed by atoms with E-state index >= 15 is 0 Å². The van der Waals surface area contributed by atoms with Gasteiger partial charge >= 0.3 is 39.5 Å². The van der Waals surface area contributed by atoms with Crippen LogP contribution in [-0.4, -0.2) is 96.7 Å². The molecule has 570 valence electrons.